The number of hydrogen-bond donors (Lipinski definition) is 0. The van der Waals surface area contributed by atoms with Crippen molar-refractivity contribution in [1.82, 2.24) is 4.90 Å². The van der Waals surface area contributed by atoms with E-state index in [1.54, 1.807) is 5.57 Å². The van der Waals surface area contributed by atoms with Gasteiger partial charge in [0, 0.05) is 6.04 Å². The molecule has 0 aromatic heterocycles. The number of hydrogen-bond acceptors (Lipinski definition) is 2. The summed E-state index contributed by atoms with van der Waals surface area (Å²) in [6.07, 6.45) is 14.8. The van der Waals surface area contributed by atoms with Crippen LogP contribution in [0, 0.1) is 0 Å². The van der Waals surface area contributed by atoms with Crippen LogP contribution in [0.1, 0.15) is 78.6 Å². The average molecular weight is 319 g/mol. The monoisotopic (exact) mass is 319 g/mol. The Hall–Kier alpha value is -1.25. The topological polar surface area (TPSA) is 29.5 Å². The Kier molecular flexibility index (Phi) is 6.32. The number of rotatable bonds is 6. The molecule has 2 aliphatic heterocycles. The van der Waals surface area contributed by atoms with Crippen LogP contribution in [0.25, 0.3) is 0 Å². The van der Waals surface area contributed by atoms with Crippen LogP contribution in [0.5, 0.6) is 0 Å². The Morgan fingerprint density at radius 2 is 2.13 bits per heavy atom. The molecule has 0 aromatic rings. The predicted molar refractivity (Wildman–Crippen MR) is 95.5 cm³/mol. The smallest absolute Gasteiger partial charge is 0.411 e. The highest BCUT2D eigenvalue weighted by molar-refractivity contribution is 5.70. The first-order valence-corrected chi connectivity index (χ1v) is 9.22. The maximum absolute atomic E-state index is 12.5. The zero-order valence-corrected chi connectivity index (χ0v) is 15.1. The summed E-state index contributed by atoms with van der Waals surface area (Å²) in [6.45, 7) is 9.59. The van der Waals surface area contributed by atoms with Crippen LogP contribution in [0.4, 0.5) is 4.79 Å². The molecule has 2 rings (SSSR count). The molecule has 3 heteroatoms. The van der Waals surface area contributed by atoms with Crippen LogP contribution in [0.2, 0.25) is 0 Å². The Labute approximate surface area is 141 Å². The van der Waals surface area contributed by atoms with E-state index < -0.39 is 5.60 Å². The zero-order valence-electron chi connectivity index (χ0n) is 15.1. The number of nitrogens with zero attached hydrogens (tertiary/aromatic N) is 1. The van der Waals surface area contributed by atoms with Crippen molar-refractivity contribution in [2.45, 2.75) is 96.2 Å². The van der Waals surface area contributed by atoms with E-state index in [4.69, 9.17) is 4.74 Å². The van der Waals surface area contributed by atoms with Gasteiger partial charge in [-0.2, -0.15) is 0 Å². The third kappa shape index (κ3) is 5.40. The maximum Gasteiger partial charge on any atom is 0.411 e. The van der Waals surface area contributed by atoms with Crippen LogP contribution in [-0.2, 0) is 4.74 Å². The van der Waals surface area contributed by atoms with Crippen molar-refractivity contribution in [1.29, 1.82) is 0 Å². The Bertz CT molecular complexity index is 447. The fraction of sp³-hybridized carbons (Fsp3) is 0.750. The minimum absolute atomic E-state index is 0.131. The van der Waals surface area contributed by atoms with Crippen molar-refractivity contribution in [3.63, 3.8) is 0 Å². The molecule has 0 spiro atoms. The van der Waals surface area contributed by atoms with Gasteiger partial charge in [0.2, 0.25) is 0 Å². The van der Waals surface area contributed by atoms with Gasteiger partial charge >= 0.3 is 6.09 Å². The predicted octanol–water partition coefficient (Wildman–Crippen LogP) is 5.61. The van der Waals surface area contributed by atoms with E-state index in [2.05, 4.69) is 12.7 Å². The van der Waals surface area contributed by atoms with Gasteiger partial charge in [0.05, 0.1) is 6.04 Å². The summed E-state index contributed by atoms with van der Waals surface area (Å²) >= 11 is 0. The minimum atomic E-state index is -0.416. The second-order valence-electron chi connectivity index (χ2n) is 7.96. The Morgan fingerprint density at radius 1 is 1.35 bits per heavy atom. The van der Waals surface area contributed by atoms with Gasteiger partial charge in [-0.1, -0.05) is 24.1 Å². The summed E-state index contributed by atoms with van der Waals surface area (Å²) in [5.74, 6) is 0. The molecule has 130 valence electrons. The molecule has 3 nitrogen and oxygen atoms in total. The largest absolute Gasteiger partial charge is 0.444 e. The van der Waals surface area contributed by atoms with Crippen LogP contribution in [-0.4, -0.2) is 28.7 Å². The summed E-state index contributed by atoms with van der Waals surface area (Å²) in [6, 6.07) is 0.595. The first-order valence-electron chi connectivity index (χ1n) is 9.22. The molecular weight excluding hydrogens is 286 g/mol. The standard InChI is InChI=1S/C20H33NO2/c1-5-6-7-8-9-11-16-14-17-12-10-13-18(15-16)21(17)19(22)23-20(2,3)4/h5,14,17-18H,1,6-13,15H2,2-4H3. The summed E-state index contributed by atoms with van der Waals surface area (Å²) in [4.78, 5) is 14.5. The van der Waals surface area contributed by atoms with E-state index in [1.807, 2.05) is 31.7 Å². The Balaban J connectivity index is 1.93. The SMILES string of the molecule is C=CCCCCCC1=CC2CCCC(C1)N2C(=O)OC(C)(C)C. The normalized spacial score (nSPS) is 24.1. The molecule has 1 amide bonds. The lowest BCUT2D eigenvalue weighted by molar-refractivity contribution is -0.00159. The molecule has 2 aliphatic rings. The molecule has 1 saturated heterocycles. The van der Waals surface area contributed by atoms with Gasteiger partial charge < -0.3 is 4.74 Å². The first-order chi connectivity index (χ1) is 10.9. The highest BCUT2D eigenvalue weighted by Gasteiger charge is 2.38. The molecule has 2 heterocycles. The van der Waals surface area contributed by atoms with E-state index >= 15 is 0 Å². The molecule has 2 atom stereocenters. The lowest BCUT2D eigenvalue weighted by atomic mass is 9.84. The molecule has 2 unspecified atom stereocenters. The van der Waals surface area contributed by atoms with Crippen molar-refractivity contribution in [2.24, 2.45) is 0 Å². The fourth-order valence-electron chi connectivity index (χ4n) is 3.72. The average Bonchev–Trinajstić information content (AvgIpc) is 2.44. The van der Waals surface area contributed by atoms with Crippen molar-refractivity contribution >= 4 is 6.09 Å². The molecule has 0 saturated carbocycles. The van der Waals surface area contributed by atoms with E-state index in [9.17, 15) is 4.79 Å². The maximum atomic E-state index is 12.5. The van der Waals surface area contributed by atoms with Crippen LogP contribution in [0.3, 0.4) is 0 Å². The molecular formula is C20H33NO2. The Morgan fingerprint density at radius 3 is 2.78 bits per heavy atom. The van der Waals surface area contributed by atoms with Crippen molar-refractivity contribution in [3.8, 4) is 0 Å². The first kappa shape index (κ1) is 18.1. The van der Waals surface area contributed by atoms with Gasteiger partial charge in [0.15, 0.2) is 0 Å². The molecule has 2 bridgehead atoms. The molecule has 0 aromatic carbocycles. The summed E-state index contributed by atoms with van der Waals surface area (Å²) in [7, 11) is 0. The molecule has 1 fully saturated rings. The zero-order chi connectivity index (χ0) is 16.9. The molecule has 23 heavy (non-hydrogen) atoms. The van der Waals surface area contributed by atoms with Gasteiger partial charge in [0.25, 0.3) is 0 Å². The van der Waals surface area contributed by atoms with Crippen LogP contribution < -0.4 is 0 Å². The van der Waals surface area contributed by atoms with Gasteiger partial charge in [-0.15, -0.1) is 6.58 Å². The molecule has 0 N–H and O–H groups in total. The van der Waals surface area contributed by atoms with Gasteiger partial charge in [-0.3, -0.25) is 4.90 Å². The van der Waals surface area contributed by atoms with Gasteiger partial charge in [-0.25, -0.2) is 4.79 Å². The number of unbranched alkanes of at least 4 members (excludes halogenated alkanes) is 3. The highest BCUT2D eigenvalue weighted by Crippen LogP contribution is 2.35. The second-order valence-corrected chi connectivity index (χ2v) is 7.96. The number of piperidine rings is 1. The quantitative estimate of drug-likeness (QED) is 0.470. The molecule has 0 radical (unpaired) electrons. The number of carbonyl (C=O) groups is 1. The second kappa shape index (κ2) is 8.03. The van der Waals surface area contributed by atoms with E-state index in [1.165, 1.54) is 32.1 Å². The van der Waals surface area contributed by atoms with E-state index in [0.29, 0.717) is 6.04 Å². The summed E-state index contributed by atoms with van der Waals surface area (Å²) in [5, 5.41) is 0. The number of allylic oxidation sites excluding steroid dienone is 1. The summed E-state index contributed by atoms with van der Waals surface area (Å²) in [5.41, 5.74) is 1.14. The minimum Gasteiger partial charge on any atom is -0.444 e. The van der Waals surface area contributed by atoms with E-state index in [0.717, 1.165) is 25.7 Å². The van der Waals surface area contributed by atoms with E-state index in [-0.39, 0.29) is 12.1 Å². The number of fused-ring (bicyclic) bond motifs is 2. The number of ether oxygens (including phenoxy) is 1. The van der Waals surface area contributed by atoms with Crippen molar-refractivity contribution in [3.05, 3.63) is 24.3 Å². The summed E-state index contributed by atoms with van der Waals surface area (Å²) < 4.78 is 5.62. The van der Waals surface area contributed by atoms with Crippen molar-refractivity contribution in [2.75, 3.05) is 0 Å². The van der Waals surface area contributed by atoms with Crippen LogP contribution >= 0.6 is 0 Å². The fourth-order valence-corrected chi connectivity index (χ4v) is 3.72. The molecule has 0 aliphatic carbocycles. The number of amides is 1. The lowest BCUT2D eigenvalue weighted by Gasteiger charge is -2.45. The van der Waals surface area contributed by atoms with Gasteiger partial charge in [0.1, 0.15) is 5.60 Å². The number of carbonyl (C=O) groups excluding carboxylic acids is 1. The third-order valence-electron chi connectivity index (χ3n) is 4.72. The lowest BCUT2D eigenvalue weighted by Crippen LogP contribution is -2.53. The van der Waals surface area contributed by atoms with Crippen molar-refractivity contribution < 1.29 is 9.53 Å². The third-order valence-corrected chi connectivity index (χ3v) is 4.72. The van der Waals surface area contributed by atoms with Gasteiger partial charge in [-0.05, 0) is 72.1 Å². The highest BCUT2D eigenvalue weighted by atomic mass is 16.6. The van der Waals surface area contributed by atoms with Crippen LogP contribution in [0.15, 0.2) is 24.3 Å².